The Morgan fingerprint density at radius 1 is 0.885 bits per heavy atom. The van der Waals surface area contributed by atoms with Crippen molar-refractivity contribution in [1.82, 2.24) is 0 Å². The van der Waals surface area contributed by atoms with Crippen LogP contribution in [0.15, 0.2) is 88.2 Å². The van der Waals surface area contributed by atoms with Crippen LogP contribution in [0, 0.1) is 12.7 Å². The summed E-state index contributed by atoms with van der Waals surface area (Å²) in [7, 11) is -4.00. The molecule has 0 saturated heterocycles. The van der Waals surface area contributed by atoms with Gasteiger partial charge in [0.05, 0.1) is 4.90 Å². The minimum atomic E-state index is -4.00. The Morgan fingerprint density at radius 3 is 2.15 bits per heavy atom. The van der Waals surface area contributed by atoms with Crippen LogP contribution >= 0.6 is 0 Å². The van der Waals surface area contributed by atoms with Crippen molar-refractivity contribution < 1.29 is 12.8 Å². The van der Waals surface area contributed by atoms with Crippen LogP contribution < -0.4 is 5.32 Å². The topological polar surface area (TPSA) is 58.5 Å². The van der Waals surface area contributed by atoms with E-state index in [1.807, 2.05) is 37.3 Å². The average Bonchev–Trinajstić information content (AvgIpc) is 2.64. The van der Waals surface area contributed by atoms with E-state index < -0.39 is 15.8 Å². The van der Waals surface area contributed by atoms with Gasteiger partial charge in [-0.25, -0.2) is 4.39 Å². The third-order valence-electron chi connectivity index (χ3n) is 3.77. The highest BCUT2D eigenvalue weighted by molar-refractivity contribution is 7.90. The molecule has 1 N–H and O–H groups in total. The molecule has 26 heavy (non-hydrogen) atoms. The van der Waals surface area contributed by atoms with Crippen molar-refractivity contribution in [2.75, 3.05) is 5.32 Å². The number of hydrogen-bond donors (Lipinski definition) is 1. The van der Waals surface area contributed by atoms with Crippen LogP contribution in [0.25, 0.3) is 0 Å². The first-order chi connectivity index (χ1) is 12.5. The number of rotatable bonds is 4. The number of aryl methyl sites for hydroxylation is 1. The van der Waals surface area contributed by atoms with Crippen LogP contribution in [-0.4, -0.2) is 14.3 Å². The van der Waals surface area contributed by atoms with E-state index in [9.17, 15) is 12.8 Å². The lowest BCUT2D eigenvalue weighted by molar-refractivity contribution is 0.596. The molecule has 0 radical (unpaired) electrons. The normalized spacial score (nSPS) is 12.0. The molecule has 3 aromatic carbocycles. The van der Waals surface area contributed by atoms with Gasteiger partial charge in [-0.2, -0.15) is 8.42 Å². The van der Waals surface area contributed by atoms with Crippen molar-refractivity contribution in [2.45, 2.75) is 11.8 Å². The van der Waals surface area contributed by atoms with Crippen molar-refractivity contribution in [3.63, 3.8) is 0 Å². The molecule has 4 nitrogen and oxygen atoms in total. The first-order valence-corrected chi connectivity index (χ1v) is 9.38. The summed E-state index contributed by atoms with van der Waals surface area (Å²) in [5, 5.41) is 3.10. The number of amidine groups is 1. The summed E-state index contributed by atoms with van der Waals surface area (Å²) in [6.45, 7) is 1.92. The van der Waals surface area contributed by atoms with Gasteiger partial charge >= 0.3 is 0 Å². The van der Waals surface area contributed by atoms with Gasteiger partial charge in [-0.3, -0.25) is 0 Å². The maximum absolute atomic E-state index is 13.1. The van der Waals surface area contributed by atoms with Gasteiger partial charge in [0.15, 0.2) is 5.84 Å². The third kappa shape index (κ3) is 4.15. The average molecular weight is 368 g/mol. The summed E-state index contributed by atoms with van der Waals surface area (Å²) in [6, 6.07) is 21.1. The molecule has 0 spiro atoms. The van der Waals surface area contributed by atoms with E-state index in [2.05, 4.69) is 9.71 Å². The third-order valence-corrected chi connectivity index (χ3v) is 5.06. The molecule has 0 bridgehead atoms. The van der Waals surface area contributed by atoms with Crippen molar-refractivity contribution in [1.29, 1.82) is 0 Å². The van der Waals surface area contributed by atoms with Crippen molar-refractivity contribution >= 4 is 21.5 Å². The number of sulfonamides is 1. The molecule has 132 valence electrons. The second-order valence-electron chi connectivity index (χ2n) is 5.67. The molecule has 3 rings (SSSR count). The molecule has 0 aliphatic rings. The molecule has 0 aliphatic heterocycles. The van der Waals surface area contributed by atoms with Crippen molar-refractivity contribution in [3.8, 4) is 0 Å². The van der Waals surface area contributed by atoms with Gasteiger partial charge in [-0.05, 0) is 42.8 Å². The Hall–Kier alpha value is -2.99. The largest absolute Gasteiger partial charge is 0.339 e. The molecule has 0 fully saturated rings. The fourth-order valence-electron chi connectivity index (χ4n) is 2.36. The maximum atomic E-state index is 13.1. The standard InChI is InChI=1S/C20H17FN2O2S/c1-15-7-5-6-10-19(15)22-20(16-8-3-2-4-9-16)23-26(24,25)18-13-11-17(21)12-14-18/h2-14H,1H3,(H,22,23). The van der Waals surface area contributed by atoms with E-state index in [1.165, 1.54) is 12.1 Å². The number of benzene rings is 3. The zero-order valence-corrected chi connectivity index (χ0v) is 14.9. The number of nitrogens with zero attached hydrogens (tertiary/aromatic N) is 1. The lowest BCUT2D eigenvalue weighted by atomic mass is 10.1. The van der Waals surface area contributed by atoms with Crippen LogP contribution in [0.4, 0.5) is 10.1 Å². The zero-order valence-electron chi connectivity index (χ0n) is 14.1. The number of halogens is 1. The van der Waals surface area contributed by atoms with Gasteiger partial charge in [-0.1, -0.05) is 48.5 Å². The first-order valence-electron chi connectivity index (χ1n) is 7.94. The predicted octanol–water partition coefficient (Wildman–Crippen LogP) is 4.38. The monoisotopic (exact) mass is 368 g/mol. The number of para-hydroxylation sites is 1. The van der Waals surface area contributed by atoms with Gasteiger partial charge in [0.1, 0.15) is 5.82 Å². The highest BCUT2D eigenvalue weighted by atomic mass is 32.2. The summed E-state index contributed by atoms with van der Waals surface area (Å²) >= 11 is 0. The van der Waals surface area contributed by atoms with E-state index in [0.717, 1.165) is 23.4 Å². The Kier molecular flexibility index (Phi) is 5.14. The Bertz CT molecular complexity index is 1030. The van der Waals surface area contributed by atoms with Crippen LogP contribution in [0.1, 0.15) is 11.1 Å². The molecule has 0 aromatic heterocycles. The smallest absolute Gasteiger partial charge is 0.284 e. The molecule has 3 aromatic rings. The molecule has 0 aliphatic carbocycles. The number of anilines is 1. The Morgan fingerprint density at radius 2 is 1.50 bits per heavy atom. The van der Waals surface area contributed by atoms with E-state index in [1.54, 1.807) is 24.3 Å². The van der Waals surface area contributed by atoms with E-state index in [4.69, 9.17) is 0 Å². The second-order valence-corrected chi connectivity index (χ2v) is 7.28. The lowest BCUT2D eigenvalue weighted by Crippen LogP contribution is -2.17. The predicted molar refractivity (Wildman–Crippen MR) is 101 cm³/mol. The molecule has 0 atom stereocenters. The Balaban J connectivity index is 2.07. The molecular weight excluding hydrogens is 351 g/mol. The van der Waals surface area contributed by atoms with Gasteiger partial charge in [0.25, 0.3) is 10.0 Å². The van der Waals surface area contributed by atoms with E-state index in [-0.39, 0.29) is 10.7 Å². The van der Waals surface area contributed by atoms with Crippen molar-refractivity contribution in [3.05, 3.63) is 95.8 Å². The fourth-order valence-corrected chi connectivity index (χ4v) is 3.34. The van der Waals surface area contributed by atoms with Gasteiger partial charge in [0, 0.05) is 11.3 Å². The van der Waals surface area contributed by atoms with Crippen molar-refractivity contribution in [2.24, 2.45) is 4.40 Å². The lowest BCUT2D eigenvalue weighted by Gasteiger charge is -2.12. The molecule has 0 saturated carbocycles. The summed E-state index contributed by atoms with van der Waals surface area (Å²) < 4.78 is 42.4. The second kappa shape index (κ2) is 7.49. The molecule has 6 heteroatoms. The molecule has 0 amide bonds. The number of hydrogen-bond acceptors (Lipinski definition) is 2. The quantitative estimate of drug-likeness (QED) is 0.549. The van der Waals surface area contributed by atoms with Crippen LogP contribution in [0.3, 0.4) is 0 Å². The fraction of sp³-hybridized carbons (Fsp3) is 0.0500. The van der Waals surface area contributed by atoms with Crippen LogP contribution in [0.2, 0.25) is 0 Å². The highest BCUT2D eigenvalue weighted by Crippen LogP contribution is 2.18. The molecular formula is C20H17FN2O2S. The minimum absolute atomic E-state index is 0.0704. The Labute approximate surface area is 152 Å². The molecule has 0 heterocycles. The number of nitrogens with one attached hydrogen (secondary N) is 1. The summed E-state index contributed by atoms with van der Waals surface area (Å²) in [4.78, 5) is -0.0704. The van der Waals surface area contributed by atoms with E-state index in [0.29, 0.717) is 5.56 Å². The molecule has 0 unspecified atom stereocenters. The summed E-state index contributed by atoms with van der Waals surface area (Å²) in [6.07, 6.45) is 0. The summed E-state index contributed by atoms with van der Waals surface area (Å²) in [5.41, 5.74) is 2.33. The van der Waals surface area contributed by atoms with Gasteiger partial charge in [-0.15, -0.1) is 4.40 Å². The minimum Gasteiger partial charge on any atom is -0.339 e. The van der Waals surface area contributed by atoms with Crippen LogP contribution in [0.5, 0.6) is 0 Å². The SMILES string of the molecule is Cc1ccccc1NC(=NS(=O)(=O)c1ccc(F)cc1)c1ccccc1. The first kappa shape index (κ1) is 17.8. The zero-order chi connectivity index (χ0) is 18.6. The van der Waals surface area contributed by atoms with E-state index >= 15 is 0 Å². The van der Waals surface area contributed by atoms with Gasteiger partial charge < -0.3 is 5.32 Å². The highest BCUT2D eigenvalue weighted by Gasteiger charge is 2.16. The summed E-state index contributed by atoms with van der Waals surface area (Å²) in [5.74, 6) is -0.307. The maximum Gasteiger partial charge on any atom is 0.284 e. The van der Waals surface area contributed by atoms with Crippen LogP contribution in [-0.2, 0) is 10.0 Å². The van der Waals surface area contributed by atoms with Gasteiger partial charge in [0.2, 0.25) is 0 Å².